The second kappa shape index (κ2) is 7.47. The van der Waals surface area contributed by atoms with Crippen molar-refractivity contribution in [1.82, 2.24) is 9.88 Å². The minimum absolute atomic E-state index is 0.0762. The Morgan fingerprint density at radius 1 is 1.13 bits per heavy atom. The van der Waals surface area contributed by atoms with Crippen molar-refractivity contribution < 1.29 is 4.79 Å². The van der Waals surface area contributed by atoms with Crippen LogP contribution in [0.15, 0.2) is 42.7 Å². The predicted octanol–water partition coefficient (Wildman–Crippen LogP) is 3.97. The fourth-order valence-corrected chi connectivity index (χ4v) is 2.87. The summed E-state index contributed by atoms with van der Waals surface area (Å²) >= 11 is 5.89. The van der Waals surface area contributed by atoms with E-state index in [0.29, 0.717) is 12.1 Å². The summed E-state index contributed by atoms with van der Waals surface area (Å²) in [7, 11) is 0. The third-order valence-corrected chi connectivity index (χ3v) is 4.29. The lowest BCUT2D eigenvalue weighted by atomic mass is 10.1. The molecule has 0 unspecified atom stereocenters. The maximum Gasteiger partial charge on any atom is 0.255 e. The van der Waals surface area contributed by atoms with Crippen molar-refractivity contribution in [2.45, 2.75) is 25.8 Å². The summed E-state index contributed by atoms with van der Waals surface area (Å²) in [4.78, 5) is 18.6. The third-order valence-electron chi connectivity index (χ3n) is 4.04. The second-order valence-electron chi connectivity index (χ2n) is 5.80. The molecule has 2 heterocycles. The first kappa shape index (κ1) is 15.8. The number of likely N-dealkylation sites (tertiary alicyclic amines) is 1. The van der Waals surface area contributed by atoms with Crippen LogP contribution in [0, 0.1) is 0 Å². The van der Waals surface area contributed by atoms with Crippen LogP contribution in [0.25, 0.3) is 0 Å². The highest BCUT2D eigenvalue weighted by molar-refractivity contribution is 6.30. The maximum absolute atomic E-state index is 12.5. The Labute approximate surface area is 141 Å². The molecule has 0 bridgehead atoms. The quantitative estimate of drug-likeness (QED) is 0.923. The van der Waals surface area contributed by atoms with Gasteiger partial charge in [0.1, 0.15) is 0 Å². The predicted molar refractivity (Wildman–Crippen MR) is 92.8 cm³/mol. The van der Waals surface area contributed by atoms with Crippen LogP contribution in [0.1, 0.15) is 35.2 Å². The van der Waals surface area contributed by atoms with E-state index >= 15 is 0 Å². The number of benzene rings is 1. The van der Waals surface area contributed by atoms with Crippen molar-refractivity contribution in [1.29, 1.82) is 0 Å². The van der Waals surface area contributed by atoms with Gasteiger partial charge in [0.25, 0.3) is 5.91 Å². The summed E-state index contributed by atoms with van der Waals surface area (Å²) in [5.74, 6) is 0.0762. The summed E-state index contributed by atoms with van der Waals surface area (Å²) in [6.45, 7) is 2.36. The average molecular weight is 330 g/mol. The molecular weight excluding hydrogens is 310 g/mol. The molecule has 4 nitrogen and oxygen atoms in total. The number of carbonyl (C=O) groups excluding carboxylic acids is 1. The lowest BCUT2D eigenvalue weighted by Gasteiger charge is -2.26. The molecule has 1 aliphatic rings. The van der Waals surface area contributed by atoms with Gasteiger partial charge in [-0.15, -0.1) is 0 Å². The monoisotopic (exact) mass is 329 g/mol. The van der Waals surface area contributed by atoms with Gasteiger partial charge in [-0.1, -0.05) is 23.7 Å². The molecule has 1 fully saturated rings. The Morgan fingerprint density at radius 2 is 1.87 bits per heavy atom. The number of amides is 1. The molecule has 1 saturated heterocycles. The van der Waals surface area contributed by atoms with Gasteiger partial charge >= 0.3 is 0 Å². The van der Waals surface area contributed by atoms with E-state index in [1.165, 1.54) is 6.42 Å². The number of nitrogens with one attached hydrogen (secondary N) is 1. The molecular formula is C18H20ClN3O. The molecule has 3 rings (SSSR count). The fourth-order valence-electron chi connectivity index (χ4n) is 2.74. The van der Waals surface area contributed by atoms with Gasteiger partial charge in [-0.05, 0) is 43.0 Å². The molecule has 0 saturated carbocycles. The van der Waals surface area contributed by atoms with Gasteiger partial charge in [0.05, 0.1) is 11.3 Å². The van der Waals surface area contributed by atoms with Crippen LogP contribution in [0.2, 0.25) is 5.02 Å². The number of hydrogen-bond acceptors (Lipinski definition) is 3. The van der Waals surface area contributed by atoms with Crippen LogP contribution in [0.3, 0.4) is 0 Å². The van der Waals surface area contributed by atoms with Crippen LogP contribution in [0.4, 0.5) is 5.69 Å². The zero-order valence-electron chi connectivity index (χ0n) is 13.0. The van der Waals surface area contributed by atoms with Gasteiger partial charge in [0.2, 0.25) is 0 Å². The topological polar surface area (TPSA) is 45.2 Å². The van der Waals surface area contributed by atoms with Crippen LogP contribution in [0.5, 0.6) is 0 Å². The Balaban J connectivity index is 1.64. The van der Waals surface area contributed by atoms with E-state index in [9.17, 15) is 4.79 Å². The van der Waals surface area contributed by atoms with Gasteiger partial charge in [0.15, 0.2) is 0 Å². The number of carbonyl (C=O) groups is 1. The van der Waals surface area contributed by atoms with E-state index in [1.807, 2.05) is 35.2 Å². The number of hydrogen-bond donors (Lipinski definition) is 1. The highest BCUT2D eigenvalue weighted by atomic mass is 35.5. The van der Waals surface area contributed by atoms with Crippen molar-refractivity contribution in [2.24, 2.45) is 0 Å². The molecule has 0 aliphatic carbocycles. The molecule has 0 atom stereocenters. The summed E-state index contributed by atoms with van der Waals surface area (Å²) < 4.78 is 0. The molecule has 1 aliphatic heterocycles. The van der Waals surface area contributed by atoms with Crippen molar-refractivity contribution in [3.8, 4) is 0 Å². The second-order valence-corrected chi connectivity index (χ2v) is 6.23. The van der Waals surface area contributed by atoms with E-state index in [1.54, 1.807) is 12.4 Å². The van der Waals surface area contributed by atoms with E-state index < -0.39 is 0 Å². The first-order valence-electron chi connectivity index (χ1n) is 7.95. The Hall–Kier alpha value is -2.07. The third kappa shape index (κ3) is 4.23. The van der Waals surface area contributed by atoms with Gasteiger partial charge in [0, 0.05) is 37.1 Å². The Kier molecular flexibility index (Phi) is 5.13. The lowest BCUT2D eigenvalue weighted by Crippen LogP contribution is -2.35. The molecule has 23 heavy (non-hydrogen) atoms. The number of piperidine rings is 1. The lowest BCUT2D eigenvalue weighted by molar-refractivity contribution is 0.0724. The van der Waals surface area contributed by atoms with E-state index in [-0.39, 0.29) is 5.91 Å². The zero-order chi connectivity index (χ0) is 16.1. The van der Waals surface area contributed by atoms with Gasteiger partial charge in [-0.2, -0.15) is 0 Å². The van der Waals surface area contributed by atoms with E-state index in [0.717, 1.165) is 42.2 Å². The molecule has 0 spiro atoms. The Morgan fingerprint density at radius 3 is 2.61 bits per heavy atom. The maximum atomic E-state index is 12.5. The molecule has 2 aromatic rings. The van der Waals surface area contributed by atoms with E-state index in [4.69, 9.17) is 11.6 Å². The summed E-state index contributed by atoms with van der Waals surface area (Å²) in [5, 5.41) is 4.03. The Bertz CT molecular complexity index is 666. The number of aromatic nitrogens is 1. The van der Waals surface area contributed by atoms with Crippen LogP contribution < -0.4 is 5.32 Å². The average Bonchev–Trinajstić information content (AvgIpc) is 2.61. The zero-order valence-corrected chi connectivity index (χ0v) is 13.7. The SMILES string of the molecule is O=C(c1cncc(NCc2ccc(Cl)cc2)c1)N1CCCCC1. The minimum atomic E-state index is 0.0762. The highest BCUT2D eigenvalue weighted by Gasteiger charge is 2.18. The summed E-state index contributed by atoms with van der Waals surface area (Å²) in [6.07, 6.45) is 6.78. The highest BCUT2D eigenvalue weighted by Crippen LogP contribution is 2.16. The van der Waals surface area contributed by atoms with Crippen molar-refractivity contribution in [2.75, 3.05) is 18.4 Å². The van der Waals surface area contributed by atoms with Gasteiger partial charge in [-0.3, -0.25) is 9.78 Å². The normalized spacial score (nSPS) is 14.6. The van der Waals surface area contributed by atoms with Gasteiger partial charge < -0.3 is 10.2 Å². The number of nitrogens with zero attached hydrogens (tertiary/aromatic N) is 2. The minimum Gasteiger partial charge on any atom is -0.380 e. The number of anilines is 1. The standard InChI is InChI=1S/C18H20ClN3O/c19-16-6-4-14(5-7-16)11-21-17-10-15(12-20-13-17)18(23)22-8-2-1-3-9-22/h4-7,10,12-13,21H,1-3,8-9,11H2. The first-order chi connectivity index (χ1) is 11.2. The molecule has 5 heteroatoms. The van der Waals surface area contributed by atoms with Crippen LogP contribution in [-0.4, -0.2) is 28.9 Å². The summed E-state index contributed by atoms with van der Waals surface area (Å²) in [6, 6.07) is 9.57. The fraction of sp³-hybridized carbons (Fsp3) is 0.333. The number of halogens is 1. The van der Waals surface area contributed by atoms with Gasteiger partial charge in [-0.25, -0.2) is 0 Å². The summed E-state index contributed by atoms with van der Waals surface area (Å²) in [5.41, 5.74) is 2.62. The largest absolute Gasteiger partial charge is 0.380 e. The van der Waals surface area contributed by atoms with Crippen molar-refractivity contribution in [3.63, 3.8) is 0 Å². The molecule has 1 amide bonds. The molecule has 0 radical (unpaired) electrons. The van der Waals surface area contributed by atoms with E-state index in [2.05, 4.69) is 10.3 Å². The molecule has 1 aromatic carbocycles. The number of pyridine rings is 1. The smallest absolute Gasteiger partial charge is 0.255 e. The first-order valence-corrected chi connectivity index (χ1v) is 8.33. The molecule has 120 valence electrons. The van der Waals surface area contributed by atoms with Crippen molar-refractivity contribution in [3.05, 3.63) is 58.9 Å². The van der Waals surface area contributed by atoms with Crippen LogP contribution >= 0.6 is 11.6 Å². The molecule has 1 N–H and O–H groups in total. The van der Waals surface area contributed by atoms with Crippen molar-refractivity contribution >= 4 is 23.2 Å². The van der Waals surface area contributed by atoms with Crippen LogP contribution in [-0.2, 0) is 6.54 Å². The molecule has 1 aromatic heterocycles. The number of rotatable bonds is 4.